The lowest BCUT2D eigenvalue weighted by Gasteiger charge is -2.16. The number of unbranched alkanes of at least 4 members (excludes halogenated alkanes) is 13. The maximum Gasteiger partial charge on any atom is 0.168 e. The number of hydrogen-bond donors (Lipinski definition) is 1. The van der Waals surface area contributed by atoms with Gasteiger partial charge in [-0.2, -0.15) is 0 Å². The van der Waals surface area contributed by atoms with Gasteiger partial charge in [-0.25, -0.2) is 4.57 Å². The van der Waals surface area contributed by atoms with Crippen molar-refractivity contribution >= 4 is 0 Å². The molecule has 2 heteroatoms. The van der Waals surface area contributed by atoms with Crippen LogP contribution in [0, 0.1) is 0 Å². The van der Waals surface area contributed by atoms with Crippen molar-refractivity contribution in [1.82, 2.24) is 0 Å². The van der Waals surface area contributed by atoms with Crippen LogP contribution in [0.3, 0.4) is 0 Å². The summed E-state index contributed by atoms with van der Waals surface area (Å²) in [4.78, 5) is 0. The molecule has 1 heterocycles. The highest BCUT2D eigenvalue weighted by Crippen LogP contribution is 2.27. The zero-order valence-electron chi connectivity index (χ0n) is 21.0. The zero-order valence-corrected chi connectivity index (χ0v) is 21.0. The summed E-state index contributed by atoms with van der Waals surface area (Å²) in [6.45, 7) is 3.11. The van der Waals surface area contributed by atoms with E-state index in [0.717, 1.165) is 13.0 Å². The molecule has 0 aromatic carbocycles. The summed E-state index contributed by atoms with van der Waals surface area (Å²) in [6.07, 6.45) is 33.6. The molecule has 0 spiro atoms. The fourth-order valence-corrected chi connectivity index (χ4v) is 4.44. The Labute approximate surface area is 194 Å². The third kappa shape index (κ3) is 16.2. The second-order valence-electron chi connectivity index (χ2n) is 9.50. The molecule has 0 saturated carbocycles. The summed E-state index contributed by atoms with van der Waals surface area (Å²) < 4.78 is 2.13. The van der Waals surface area contributed by atoms with Gasteiger partial charge in [0.2, 0.25) is 0 Å². The lowest BCUT2D eigenvalue weighted by atomic mass is 9.89. The van der Waals surface area contributed by atoms with Crippen LogP contribution in [-0.2, 0) is 7.05 Å². The highest BCUT2D eigenvalue weighted by molar-refractivity contribution is 5.13. The Hall–Kier alpha value is -1.15. The predicted molar refractivity (Wildman–Crippen MR) is 137 cm³/mol. The number of rotatable bonds is 21. The number of allylic oxidation sites excluding steroid dienone is 2. The topological polar surface area (TPSA) is 29.9 Å². The van der Waals surface area contributed by atoms with Crippen LogP contribution in [0.4, 0.5) is 0 Å². The van der Waals surface area contributed by atoms with Crippen LogP contribution >= 0.6 is 0 Å². The van der Waals surface area contributed by atoms with Crippen molar-refractivity contribution in [3.8, 4) is 0 Å². The largest absolute Gasteiger partial charge is 0.330 e. The number of hydrogen-bond acceptors (Lipinski definition) is 1. The molecule has 1 aromatic rings. The molecule has 2 nitrogen and oxygen atoms in total. The third-order valence-corrected chi connectivity index (χ3v) is 6.55. The van der Waals surface area contributed by atoms with E-state index in [-0.39, 0.29) is 0 Å². The highest BCUT2D eigenvalue weighted by atomic mass is 14.9. The second kappa shape index (κ2) is 20.7. The van der Waals surface area contributed by atoms with Crippen molar-refractivity contribution in [3.63, 3.8) is 0 Å². The molecule has 1 aromatic heterocycles. The van der Waals surface area contributed by atoms with E-state index < -0.39 is 0 Å². The average molecular weight is 430 g/mol. The molecule has 0 bridgehead atoms. The monoisotopic (exact) mass is 429 g/mol. The lowest BCUT2D eigenvalue weighted by Crippen LogP contribution is -2.26. The van der Waals surface area contributed by atoms with E-state index in [0.29, 0.717) is 5.92 Å². The summed E-state index contributed by atoms with van der Waals surface area (Å²) in [5.74, 6) is 0.713. The van der Waals surface area contributed by atoms with Crippen molar-refractivity contribution in [2.75, 3.05) is 6.54 Å². The van der Waals surface area contributed by atoms with Crippen molar-refractivity contribution < 1.29 is 4.57 Å². The van der Waals surface area contributed by atoms with Gasteiger partial charge in [0.15, 0.2) is 12.4 Å². The van der Waals surface area contributed by atoms with Crippen molar-refractivity contribution in [2.45, 2.75) is 128 Å². The number of nitrogens with zero attached hydrogens (tertiary/aromatic N) is 1. The predicted octanol–water partition coefficient (Wildman–Crippen LogP) is 8.15. The van der Waals surface area contributed by atoms with E-state index in [4.69, 9.17) is 5.73 Å². The van der Waals surface area contributed by atoms with Crippen LogP contribution in [0.2, 0.25) is 0 Å². The van der Waals surface area contributed by atoms with Gasteiger partial charge in [-0.15, -0.1) is 0 Å². The van der Waals surface area contributed by atoms with E-state index >= 15 is 0 Å². The first-order valence-electron chi connectivity index (χ1n) is 13.6. The molecule has 2 N–H and O–H groups in total. The van der Waals surface area contributed by atoms with Gasteiger partial charge in [0.05, 0.1) is 0 Å². The summed E-state index contributed by atoms with van der Waals surface area (Å²) in [5.41, 5.74) is 7.22. The zero-order chi connectivity index (χ0) is 22.4. The van der Waals surface area contributed by atoms with Gasteiger partial charge in [-0.3, -0.25) is 0 Å². The molecule has 0 amide bonds. The standard InChI is InChI=1S/C29H53N2/c1-3-4-5-6-7-8-9-10-11-12-13-14-15-16-17-18-21-28(22-19-20-25-30)29-23-26-31(2)27-24-29/h10-11,23-24,26-28H,3-9,12-22,25,30H2,1-2H3/q+1/b11-10+. The molecule has 1 rings (SSSR count). The molecule has 0 aliphatic heterocycles. The van der Waals surface area contributed by atoms with E-state index in [1.165, 1.54) is 115 Å². The maximum absolute atomic E-state index is 5.71. The van der Waals surface area contributed by atoms with Crippen LogP contribution in [0.1, 0.15) is 134 Å². The normalized spacial score (nSPS) is 12.6. The van der Waals surface area contributed by atoms with Gasteiger partial charge in [0.25, 0.3) is 0 Å². The Morgan fingerprint density at radius 1 is 0.710 bits per heavy atom. The minimum absolute atomic E-state index is 0.713. The quantitative estimate of drug-likeness (QED) is 0.119. The molecule has 0 fully saturated rings. The van der Waals surface area contributed by atoms with E-state index in [1.54, 1.807) is 0 Å². The SMILES string of the molecule is CCCCCCCC/C=C/CCCCCCCCC(CCCCN)c1cc[n+](C)cc1. The Morgan fingerprint density at radius 3 is 1.74 bits per heavy atom. The number of aryl methyl sites for hydroxylation is 1. The molecular weight excluding hydrogens is 376 g/mol. The maximum atomic E-state index is 5.71. The van der Waals surface area contributed by atoms with Gasteiger partial charge in [0.1, 0.15) is 7.05 Å². The first-order chi connectivity index (χ1) is 15.3. The first-order valence-corrected chi connectivity index (χ1v) is 13.6. The van der Waals surface area contributed by atoms with Crippen LogP contribution in [0.5, 0.6) is 0 Å². The van der Waals surface area contributed by atoms with Crippen molar-refractivity contribution in [1.29, 1.82) is 0 Å². The Bertz CT molecular complexity index is 520. The molecule has 0 aliphatic carbocycles. The van der Waals surface area contributed by atoms with Gasteiger partial charge < -0.3 is 5.73 Å². The third-order valence-electron chi connectivity index (χ3n) is 6.55. The highest BCUT2D eigenvalue weighted by Gasteiger charge is 2.12. The summed E-state index contributed by atoms with van der Waals surface area (Å²) >= 11 is 0. The smallest absolute Gasteiger partial charge is 0.168 e. The minimum atomic E-state index is 0.713. The molecular formula is C29H53N2+. The van der Waals surface area contributed by atoms with Crippen LogP contribution < -0.4 is 10.3 Å². The van der Waals surface area contributed by atoms with E-state index in [1.807, 2.05) is 0 Å². The van der Waals surface area contributed by atoms with Gasteiger partial charge >= 0.3 is 0 Å². The molecule has 0 saturated heterocycles. The lowest BCUT2D eigenvalue weighted by molar-refractivity contribution is -0.671. The molecule has 0 radical (unpaired) electrons. The first kappa shape index (κ1) is 27.9. The Balaban J connectivity index is 2.02. The van der Waals surface area contributed by atoms with Crippen molar-refractivity contribution in [2.24, 2.45) is 12.8 Å². The van der Waals surface area contributed by atoms with Crippen LogP contribution in [0.25, 0.3) is 0 Å². The Morgan fingerprint density at radius 2 is 1.19 bits per heavy atom. The molecule has 178 valence electrons. The number of nitrogens with two attached hydrogens (primary N) is 1. The summed E-state index contributed by atoms with van der Waals surface area (Å²) in [5, 5.41) is 0. The van der Waals surface area contributed by atoms with Gasteiger partial charge in [-0.05, 0) is 63.0 Å². The molecule has 1 unspecified atom stereocenters. The summed E-state index contributed by atoms with van der Waals surface area (Å²) in [6, 6.07) is 4.63. The second-order valence-corrected chi connectivity index (χ2v) is 9.50. The van der Waals surface area contributed by atoms with Gasteiger partial charge in [-0.1, -0.05) is 89.7 Å². The van der Waals surface area contributed by atoms with Gasteiger partial charge in [0, 0.05) is 12.1 Å². The fraction of sp³-hybridized carbons (Fsp3) is 0.759. The Kier molecular flexibility index (Phi) is 18.7. The number of aromatic nitrogens is 1. The molecule has 0 aliphatic rings. The number of pyridine rings is 1. The van der Waals surface area contributed by atoms with Crippen LogP contribution in [0.15, 0.2) is 36.7 Å². The molecule has 1 atom stereocenters. The van der Waals surface area contributed by atoms with Crippen LogP contribution in [-0.4, -0.2) is 6.54 Å². The minimum Gasteiger partial charge on any atom is -0.330 e. The molecule has 31 heavy (non-hydrogen) atoms. The summed E-state index contributed by atoms with van der Waals surface area (Å²) in [7, 11) is 2.10. The fourth-order valence-electron chi connectivity index (χ4n) is 4.44. The van der Waals surface area contributed by atoms with E-state index in [2.05, 4.69) is 55.2 Å². The van der Waals surface area contributed by atoms with Crippen molar-refractivity contribution in [3.05, 3.63) is 42.2 Å². The average Bonchev–Trinajstić information content (AvgIpc) is 2.78. The van der Waals surface area contributed by atoms with E-state index in [9.17, 15) is 0 Å².